The normalized spacial score (nSPS) is 11.0. The van der Waals surface area contributed by atoms with Crippen molar-refractivity contribution in [2.24, 2.45) is 7.05 Å². The maximum absolute atomic E-state index is 4.68. The quantitative estimate of drug-likeness (QED) is 0.750. The van der Waals surface area contributed by atoms with Gasteiger partial charge in [0, 0.05) is 24.6 Å². The minimum Gasteiger partial charge on any atom is -0.319 e. The van der Waals surface area contributed by atoms with Crippen LogP contribution in [0.25, 0.3) is 11.3 Å². The SMILES string of the molecule is CNCCc1cccc(-c2c(Cc3ccccc3)c(C)nn2C)c1. The Morgan fingerprint density at radius 3 is 2.50 bits per heavy atom. The van der Waals surface area contributed by atoms with Gasteiger partial charge in [0.25, 0.3) is 0 Å². The molecule has 3 nitrogen and oxygen atoms in total. The fraction of sp³-hybridized carbons (Fsp3) is 0.286. The fourth-order valence-corrected chi connectivity index (χ4v) is 3.22. The summed E-state index contributed by atoms with van der Waals surface area (Å²) in [6.07, 6.45) is 1.95. The molecule has 0 aliphatic heterocycles. The van der Waals surface area contributed by atoms with Gasteiger partial charge in [-0.15, -0.1) is 0 Å². The van der Waals surface area contributed by atoms with Gasteiger partial charge in [-0.3, -0.25) is 4.68 Å². The molecule has 124 valence electrons. The largest absolute Gasteiger partial charge is 0.319 e. The Bertz CT molecular complexity index is 803. The Morgan fingerprint density at radius 1 is 1.00 bits per heavy atom. The lowest BCUT2D eigenvalue weighted by Gasteiger charge is -2.10. The molecule has 0 bridgehead atoms. The molecule has 3 aromatic rings. The Morgan fingerprint density at radius 2 is 1.75 bits per heavy atom. The third kappa shape index (κ3) is 3.57. The summed E-state index contributed by atoms with van der Waals surface area (Å²) >= 11 is 0. The van der Waals surface area contributed by atoms with Crippen LogP contribution in [0, 0.1) is 6.92 Å². The van der Waals surface area contributed by atoms with Crippen LogP contribution in [0.2, 0.25) is 0 Å². The molecular formula is C21H25N3. The van der Waals surface area contributed by atoms with Crippen LogP contribution in [-0.2, 0) is 19.9 Å². The van der Waals surface area contributed by atoms with Crippen molar-refractivity contribution in [3.8, 4) is 11.3 Å². The summed E-state index contributed by atoms with van der Waals surface area (Å²) in [6, 6.07) is 19.4. The van der Waals surface area contributed by atoms with E-state index in [0.29, 0.717) is 0 Å². The number of benzene rings is 2. The molecule has 1 N–H and O–H groups in total. The van der Waals surface area contributed by atoms with Crippen molar-refractivity contribution < 1.29 is 0 Å². The number of hydrogen-bond acceptors (Lipinski definition) is 2. The molecule has 0 saturated carbocycles. The first-order valence-corrected chi connectivity index (χ1v) is 8.49. The van der Waals surface area contributed by atoms with Crippen molar-refractivity contribution in [2.75, 3.05) is 13.6 Å². The molecule has 1 heterocycles. The van der Waals surface area contributed by atoms with Gasteiger partial charge in [-0.2, -0.15) is 5.10 Å². The zero-order valence-electron chi connectivity index (χ0n) is 14.7. The molecule has 0 spiro atoms. The number of hydrogen-bond donors (Lipinski definition) is 1. The van der Waals surface area contributed by atoms with Gasteiger partial charge in [0.2, 0.25) is 0 Å². The van der Waals surface area contributed by atoms with Gasteiger partial charge in [0.15, 0.2) is 0 Å². The van der Waals surface area contributed by atoms with Crippen molar-refractivity contribution in [3.63, 3.8) is 0 Å². The maximum Gasteiger partial charge on any atom is 0.0717 e. The fourth-order valence-electron chi connectivity index (χ4n) is 3.22. The zero-order valence-corrected chi connectivity index (χ0v) is 14.7. The summed E-state index contributed by atoms with van der Waals surface area (Å²) in [5.41, 5.74) is 7.57. The van der Waals surface area contributed by atoms with E-state index in [0.717, 1.165) is 25.1 Å². The molecule has 2 aromatic carbocycles. The van der Waals surface area contributed by atoms with Gasteiger partial charge in [0.05, 0.1) is 11.4 Å². The van der Waals surface area contributed by atoms with Crippen molar-refractivity contribution in [1.82, 2.24) is 15.1 Å². The zero-order chi connectivity index (χ0) is 16.9. The highest BCUT2D eigenvalue weighted by molar-refractivity contribution is 5.66. The highest BCUT2D eigenvalue weighted by atomic mass is 15.3. The van der Waals surface area contributed by atoms with Gasteiger partial charge >= 0.3 is 0 Å². The maximum atomic E-state index is 4.68. The van der Waals surface area contributed by atoms with Crippen molar-refractivity contribution >= 4 is 0 Å². The molecular weight excluding hydrogens is 294 g/mol. The van der Waals surface area contributed by atoms with E-state index >= 15 is 0 Å². The predicted molar refractivity (Wildman–Crippen MR) is 100 cm³/mol. The molecule has 3 rings (SSSR count). The van der Waals surface area contributed by atoms with Gasteiger partial charge < -0.3 is 5.32 Å². The van der Waals surface area contributed by atoms with Crippen LogP contribution in [0.4, 0.5) is 0 Å². The standard InChI is InChI=1S/C21H25N3/c1-16-20(15-17-8-5-4-6-9-17)21(24(3)23-16)19-11-7-10-18(14-19)12-13-22-2/h4-11,14,22H,12-13,15H2,1-3H3. The number of nitrogens with zero attached hydrogens (tertiary/aromatic N) is 2. The second-order valence-electron chi connectivity index (χ2n) is 6.25. The summed E-state index contributed by atoms with van der Waals surface area (Å²) in [6.45, 7) is 3.09. The van der Waals surface area contributed by atoms with E-state index in [1.54, 1.807) is 0 Å². The Kier molecular flexibility index (Phi) is 5.11. The number of rotatable bonds is 6. The summed E-state index contributed by atoms with van der Waals surface area (Å²) in [4.78, 5) is 0. The number of aromatic nitrogens is 2. The first kappa shape index (κ1) is 16.5. The van der Waals surface area contributed by atoms with E-state index in [1.165, 1.54) is 27.9 Å². The van der Waals surface area contributed by atoms with E-state index in [2.05, 4.69) is 71.9 Å². The minimum atomic E-state index is 0.913. The lowest BCUT2D eigenvalue weighted by Crippen LogP contribution is -2.10. The van der Waals surface area contributed by atoms with Crippen LogP contribution in [0.1, 0.15) is 22.4 Å². The molecule has 24 heavy (non-hydrogen) atoms. The minimum absolute atomic E-state index is 0.913. The monoisotopic (exact) mass is 319 g/mol. The topological polar surface area (TPSA) is 29.9 Å². The molecule has 0 fully saturated rings. The van der Waals surface area contributed by atoms with Gasteiger partial charge in [-0.25, -0.2) is 0 Å². The Labute approximate surface area is 144 Å². The highest BCUT2D eigenvalue weighted by Crippen LogP contribution is 2.28. The summed E-state index contributed by atoms with van der Waals surface area (Å²) in [5, 5.41) is 7.90. The molecule has 0 radical (unpaired) electrons. The first-order valence-electron chi connectivity index (χ1n) is 8.49. The molecule has 0 aliphatic rings. The van der Waals surface area contributed by atoms with Crippen molar-refractivity contribution in [1.29, 1.82) is 0 Å². The van der Waals surface area contributed by atoms with E-state index in [-0.39, 0.29) is 0 Å². The van der Waals surface area contributed by atoms with Crippen molar-refractivity contribution in [2.45, 2.75) is 19.8 Å². The van der Waals surface area contributed by atoms with E-state index < -0.39 is 0 Å². The molecule has 0 amide bonds. The van der Waals surface area contributed by atoms with Crippen LogP contribution in [-0.4, -0.2) is 23.4 Å². The second-order valence-corrected chi connectivity index (χ2v) is 6.25. The third-order valence-corrected chi connectivity index (χ3v) is 4.43. The lowest BCUT2D eigenvalue weighted by molar-refractivity contribution is 0.763. The molecule has 3 heteroatoms. The Hall–Kier alpha value is -2.39. The molecule has 1 aromatic heterocycles. The van der Waals surface area contributed by atoms with E-state index in [1.807, 2.05) is 18.8 Å². The Balaban J connectivity index is 1.99. The predicted octanol–water partition coefficient (Wildman–Crippen LogP) is 3.75. The van der Waals surface area contributed by atoms with Crippen LogP contribution in [0.15, 0.2) is 54.6 Å². The number of nitrogens with one attached hydrogen (secondary N) is 1. The van der Waals surface area contributed by atoms with Crippen LogP contribution in [0.5, 0.6) is 0 Å². The lowest BCUT2D eigenvalue weighted by atomic mass is 9.97. The van der Waals surface area contributed by atoms with Crippen LogP contribution >= 0.6 is 0 Å². The van der Waals surface area contributed by atoms with Crippen LogP contribution in [0.3, 0.4) is 0 Å². The first-order chi connectivity index (χ1) is 11.7. The van der Waals surface area contributed by atoms with E-state index in [9.17, 15) is 0 Å². The van der Waals surface area contributed by atoms with E-state index in [4.69, 9.17) is 0 Å². The van der Waals surface area contributed by atoms with Crippen LogP contribution < -0.4 is 5.32 Å². The molecule has 0 atom stereocenters. The molecule has 0 unspecified atom stereocenters. The highest BCUT2D eigenvalue weighted by Gasteiger charge is 2.15. The third-order valence-electron chi connectivity index (χ3n) is 4.43. The van der Waals surface area contributed by atoms with Gasteiger partial charge in [-0.1, -0.05) is 48.5 Å². The molecule has 0 saturated heterocycles. The van der Waals surface area contributed by atoms with Gasteiger partial charge in [0.1, 0.15) is 0 Å². The average Bonchev–Trinajstić information content (AvgIpc) is 2.88. The van der Waals surface area contributed by atoms with Gasteiger partial charge in [-0.05, 0) is 44.1 Å². The number of likely N-dealkylation sites (N-methyl/N-ethyl adjacent to an activating group) is 1. The average molecular weight is 319 g/mol. The smallest absolute Gasteiger partial charge is 0.0717 e. The molecule has 0 aliphatic carbocycles. The van der Waals surface area contributed by atoms with Crippen molar-refractivity contribution in [3.05, 3.63) is 77.0 Å². The second kappa shape index (κ2) is 7.45. The summed E-state index contributed by atoms with van der Waals surface area (Å²) in [5.74, 6) is 0. The number of aryl methyl sites for hydroxylation is 2. The summed E-state index contributed by atoms with van der Waals surface area (Å²) < 4.78 is 2.02. The summed E-state index contributed by atoms with van der Waals surface area (Å²) in [7, 11) is 4.03.